The first-order chi connectivity index (χ1) is 9.50. The molecule has 1 N–H and O–H groups in total. The van der Waals surface area contributed by atoms with Crippen LogP contribution in [0.2, 0.25) is 0 Å². The smallest absolute Gasteiger partial charge is 0.0358 e. The van der Waals surface area contributed by atoms with Crippen LogP contribution in [0, 0.1) is 0 Å². The summed E-state index contributed by atoms with van der Waals surface area (Å²) < 4.78 is 0. The summed E-state index contributed by atoms with van der Waals surface area (Å²) in [5.41, 5.74) is 4.16. The lowest BCUT2D eigenvalue weighted by Crippen LogP contribution is -2.19. The van der Waals surface area contributed by atoms with Crippen LogP contribution in [0.25, 0.3) is 0 Å². The Morgan fingerprint density at radius 3 is 2.30 bits per heavy atom. The summed E-state index contributed by atoms with van der Waals surface area (Å²) in [6, 6.07) is 13.4. The van der Waals surface area contributed by atoms with Crippen molar-refractivity contribution in [2.24, 2.45) is 0 Å². The van der Waals surface area contributed by atoms with E-state index in [2.05, 4.69) is 61.4 Å². The van der Waals surface area contributed by atoms with E-state index in [9.17, 15) is 0 Å². The van der Waals surface area contributed by atoms with Crippen LogP contribution in [-0.4, -0.2) is 12.0 Å². The zero-order valence-corrected chi connectivity index (χ0v) is 12.9. The van der Waals surface area contributed by atoms with Gasteiger partial charge in [0.2, 0.25) is 0 Å². The summed E-state index contributed by atoms with van der Waals surface area (Å²) in [4.78, 5) is 4.18. The molecule has 0 aliphatic rings. The van der Waals surface area contributed by atoms with Gasteiger partial charge in [0.25, 0.3) is 0 Å². The van der Waals surface area contributed by atoms with Gasteiger partial charge in [-0.3, -0.25) is 4.98 Å². The molecule has 106 valence electrons. The number of hydrogen-bond donors (Lipinski definition) is 1. The number of benzene rings is 1. The molecule has 0 aliphatic carbocycles. The fourth-order valence-electron chi connectivity index (χ4n) is 2.36. The van der Waals surface area contributed by atoms with E-state index in [1.165, 1.54) is 16.7 Å². The Bertz CT molecular complexity index is 524. The summed E-state index contributed by atoms with van der Waals surface area (Å²) in [6.45, 7) is 6.73. The number of nitrogens with zero attached hydrogens (tertiary/aromatic N) is 1. The van der Waals surface area contributed by atoms with Crippen molar-refractivity contribution in [2.75, 3.05) is 7.05 Å². The highest BCUT2D eigenvalue weighted by Gasteiger charge is 2.15. The molecular formula is C18H24N2. The molecule has 1 unspecified atom stereocenters. The molecule has 2 nitrogen and oxygen atoms in total. The fourth-order valence-corrected chi connectivity index (χ4v) is 2.36. The number of aromatic nitrogens is 1. The van der Waals surface area contributed by atoms with Crippen LogP contribution in [0.5, 0.6) is 0 Å². The first-order valence-corrected chi connectivity index (χ1v) is 7.17. The highest BCUT2D eigenvalue weighted by molar-refractivity contribution is 5.30. The Balaban J connectivity index is 2.16. The molecule has 1 heterocycles. The van der Waals surface area contributed by atoms with Crippen molar-refractivity contribution in [2.45, 2.75) is 38.6 Å². The van der Waals surface area contributed by atoms with Gasteiger partial charge in [0.15, 0.2) is 0 Å². The quantitative estimate of drug-likeness (QED) is 0.910. The van der Waals surface area contributed by atoms with Gasteiger partial charge in [0.1, 0.15) is 0 Å². The lowest BCUT2D eigenvalue weighted by molar-refractivity contribution is 0.579. The van der Waals surface area contributed by atoms with E-state index < -0.39 is 0 Å². The molecule has 0 aliphatic heterocycles. The van der Waals surface area contributed by atoms with Crippen LogP contribution in [0.4, 0.5) is 0 Å². The summed E-state index contributed by atoms with van der Waals surface area (Å²) in [5, 5.41) is 3.40. The SMILES string of the molecule is CNC(Cc1cccnc1)c1ccc(C(C)(C)C)cc1. The molecule has 0 bridgehead atoms. The standard InChI is InChI=1S/C18H24N2/c1-18(2,3)16-9-7-15(8-10-16)17(19-4)12-14-6-5-11-20-13-14/h5-11,13,17,19H,12H2,1-4H3. The number of rotatable bonds is 4. The lowest BCUT2D eigenvalue weighted by atomic mass is 9.86. The maximum atomic E-state index is 4.18. The average Bonchev–Trinajstić information content (AvgIpc) is 2.45. The van der Waals surface area contributed by atoms with Crippen molar-refractivity contribution in [3.8, 4) is 0 Å². The Hall–Kier alpha value is -1.67. The summed E-state index contributed by atoms with van der Waals surface area (Å²) in [5.74, 6) is 0. The van der Waals surface area contributed by atoms with Gasteiger partial charge >= 0.3 is 0 Å². The second-order valence-electron chi connectivity index (χ2n) is 6.28. The van der Waals surface area contributed by atoms with E-state index in [1.54, 1.807) is 0 Å². The molecule has 0 amide bonds. The van der Waals surface area contributed by atoms with Gasteiger partial charge in [-0.05, 0) is 41.6 Å². The molecule has 0 fully saturated rings. The van der Waals surface area contributed by atoms with Crippen LogP contribution in [0.15, 0.2) is 48.8 Å². The van der Waals surface area contributed by atoms with Crippen molar-refractivity contribution in [1.29, 1.82) is 0 Å². The molecule has 1 atom stereocenters. The molecular weight excluding hydrogens is 244 g/mol. The highest BCUT2D eigenvalue weighted by atomic mass is 14.9. The summed E-state index contributed by atoms with van der Waals surface area (Å²) >= 11 is 0. The first-order valence-electron chi connectivity index (χ1n) is 7.17. The van der Waals surface area contributed by atoms with Crippen molar-refractivity contribution in [3.63, 3.8) is 0 Å². The third-order valence-corrected chi connectivity index (χ3v) is 3.69. The normalized spacial score (nSPS) is 13.2. The van der Waals surface area contributed by atoms with Crippen LogP contribution in [0.3, 0.4) is 0 Å². The number of likely N-dealkylation sites (N-methyl/N-ethyl adjacent to an activating group) is 1. The predicted octanol–water partition coefficient (Wildman–Crippen LogP) is 3.88. The van der Waals surface area contributed by atoms with E-state index in [0.717, 1.165) is 6.42 Å². The average molecular weight is 268 g/mol. The van der Waals surface area contributed by atoms with Crippen LogP contribution < -0.4 is 5.32 Å². The largest absolute Gasteiger partial charge is 0.313 e. The lowest BCUT2D eigenvalue weighted by Gasteiger charge is -2.21. The molecule has 2 aromatic rings. The predicted molar refractivity (Wildman–Crippen MR) is 84.9 cm³/mol. The molecule has 0 radical (unpaired) electrons. The van der Waals surface area contributed by atoms with Gasteiger partial charge in [0, 0.05) is 18.4 Å². The topological polar surface area (TPSA) is 24.9 Å². The minimum absolute atomic E-state index is 0.205. The van der Waals surface area contributed by atoms with Crippen molar-refractivity contribution >= 4 is 0 Å². The van der Waals surface area contributed by atoms with Gasteiger partial charge in [-0.1, -0.05) is 51.1 Å². The van der Waals surface area contributed by atoms with E-state index in [0.29, 0.717) is 6.04 Å². The molecule has 0 saturated carbocycles. The Labute approximate surface area is 122 Å². The first kappa shape index (κ1) is 14.7. The second-order valence-corrected chi connectivity index (χ2v) is 6.28. The van der Waals surface area contributed by atoms with Gasteiger partial charge in [-0.2, -0.15) is 0 Å². The van der Waals surface area contributed by atoms with Crippen LogP contribution in [-0.2, 0) is 11.8 Å². The fraction of sp³-hybridized carbons (Fsp3) is 0.389. The number of nitrogens with one attached hydrogen (secondary N) is 1. The maximum Gasteiger partial charge on any atom is 0.0358 e. The minimum Gasteiger partial charge on any atom is -0.313 e. The molecule has 20 heavy (non-hydrogen) atoms. The van der Waals surface area contributed by atoms with Gasteiger partial charge in [-0.15, -0.1) is 0 Å². The number of pyridine rings is 1. The summed E-state index contributed by atoms with van der Waals surface area (Å²) in [6.07, 6.45) is 4.71. The van der Waals surface area contributed by atoms with Gasteiger partial charge in [-0.25, -0.2) is 0 Å². The van der Waals surface area contributed by atoms with E-state index in [4.69, 9.17) is 0 Å². The Morgan fingerprint density at radius 1 is 1.10 bits per heavy atom. The molecule has 2 heteroatoms. The minimum atomic E-state index is 0.205. The third-order valence-electron chi connectivity index (χ3n) is 3.69. The third kappa shape index (κ3) is 3.67. The Morgan fingerprint density at radius 2 is 1.80 bits per heavy atom. The zero-order chi connectivity index (χ0) is 14.6. The van der Waals surface area contributed by atoms with Crippen molar-refractivity contribution in [3.05, 3.63) is 65.5 Å². The molecule has 1 aromatic heterocycles. The molecule has 0 saturated heterocycles. The molecule has 1 aromatic carbocycles. The van der Waals surface area contributed by atoms with Gasteiger partial charge in [0.05, 0.1) is 0 Å². The van der Waals surface area contributed by atoms with Crippen LogP contribution >= 0.6 is 0 Å². The van der Waals surface area contributed by atoms with E-state index in [-0.39, 0.29) is 5.41 Å². The van der Waals surface area contributed by atoms with E-state index in [1.807, 2.05) is 25.5 Å². The summed E-state index contributed by atoms with van der Waals surface area (Å²) in [7, 11) is 2.01. The highest BCUT2D eigenvalue weighted by Crippen LogP contribution is 2.25. The second kappa shape index (κ2) is 6.19. The maximum absolute atomic E-state index is 4.18. The number of hydrogen-bond acceptors (Lipinski definition) is 2. The zero-order valence-electron chi connectivity index (χ0n) is 12.9. The Kier molecular flexibility index (Phi) is 4.56. The van der Waals surface area contributed by atoms with E-state index >= 15 is 0 Å². The van der Waals surface area contributed by atoms with Crippen LogP contribution in [0.1, 0.15) is 43.5 Å². The monoisotopic (exact) mass is 268 g/mol. The van der Waals surface area contributed by atoms with Crippen molar-refractivity contribution in [1.82, 2.24) is 10.3 Å². The van der Waals surface area contributed by atoms with Gasteiger partial charge < -0.3 is 5.32 Å². The molecule has 0 spiro atoms. The van der Waals surface area contributed by atoms with Crippen molar-refractivity contribution < 1.29 is 0 Å². The molecule has 2 rings (SSSR count).